The van der Waals surface area contributed by atoms with Crippen molar-refractivity contribution in [2.24, 2.45) is 38.7 Å². The number of aromatic amines is 1. The molecule has 0 aliphatic carbocycles. The first-order chi connectivity index (χ1) is 46.4. The Balaban J connectivity index is 1.30. The number of primary amides is 1. The lowest BCUT2D eigenvalue weighted by atomic mass is 10.0. The summed E-state index contributed by atoms with van der Waals surface area (Å²) in [5.41, 5.74) is 30.2. The van der Waals surface area contributed by atoms with Gasteiger partial charge in [0.05, 0.1) is 6.61 Å². The Morgan fingerprint density at radius 3 is 1.96 bits per heavy atom. The molecule has 0 saturated carbocycles. The summed E-state index contributed by atoms with van der Waals surface area (Å²) in [7, 11) is 1.87. The molecule has 520 valence electrons. The zero-order valence-electron chi connectivity index (χ0n) is 53.5. The van der Waals surface area contributed by atoms with Crippen LogP contribution in [0.4, 0.5) is 0 Å². The molecule has 5 aromatic rings. The number of aliphatic hydroxyl groups excluding tert-OH is 1. The Morgan fingerprint density at radius 2 is 1.27 bits per heavy atom. The molecular formula is C64H84N18O13S2. The Labute approximate surface area is 566 Å². The monoisotopic (exact) mass is 1380 g/mol. The predicted molar refractivity (Wildman–Crippen MR) is 366 cm³/mol. The minimum atomic E-state index is -1.80. The van der Waals surface area contributed by atoms with E-state index in [1.54, 1.807) is 36.5 Å². The first-order valence-corrected chi connectivity index (χ1v) is 33.9. The number of nitrogens with zero attached hydrogens (tertiary/aromatic N) is 3. The fraction of sp³-hybridized carbons (Fsp3) is 0.422. The van der Waals surface area contributed by atoms with Crippen molar-refractivity contribution in [2.75, 3.05) is 37.7 Å². The van der Waals surface area contributed by atoms with Crippen molar-refractivity contribution >= 4 is 120 Å². The molecule has 22 N–H and O–H groups in total. The summed E-state index contributed by atoms with van der Waals surface area (Å²) in [6.07, 6.45) is 1.45. The number of benzene rings is 4. The molecule has 31 nitrogen and oxygen atoms in total. The van der Waals surface area contributed by atoms with Crippen LogP contribution in [0.5, 0.6) is 5.75 Å². The van der Waals surface area contributed by atoms with Crippen molar-refractivity contribution in [3.05, 3.63) is 114 Å². The van der Waals surface area contributed by atoms with Gasteiger partial charge in [-0.05, 0) is 91.1 Å². The van der Waals surface area contributed by atoms with Gasteiger partial charge in [0, 0.05) is 74.4 Å². The van der Waals surface area contributed by atoms with Gasteiger partial charge < -0.3 is 96.6 Å². The van der Waals surface area contributed by atoms with Crippen molar-refractivity contribution in [1.82, 2.24) is 57.7 Å². The first kappa shape index (κ1) is 74.2. The SMILES string of the molecule is CC(=O)N[C@H](Cc1ccc2ccccc2c1)C(=O)N[C@H]1CSSC[C@@H](C(=O)N[C@@H](CCCN=C(N)N)C(=O)N2CCC[C@@H]2C(=O)N[C@@H](C)C(N)=O)NC(=O)[C@H](CCCN=C(N)N)NC(=O)[C@H](Cc2ccc(O)cc2)NC(=O)[C@H](CO)NC(=O)[C@@H](Cc2c[nH]c3ccccc23)NC1=O. The van der Waals surface area contributed by atoms with Crippen LogP contribution in [0.15, 0.2) is 107 Å². The summed E-state index contributed by atoms with van der Waals surface area (Å²) in [4.78, 5) is 170. The first-order valence-electron chi connectivity index (χ1n) is 31.4. The third-order valence-corrected chi connectivity index (χ3v) is 18.5. The number of nitrogens with two attached hydrogens (primary N) is 5. The fourth-order valence-electron chi connectivity index (χ4n) is 11.0. The van der Waals surface area contributed by atoms with E-state index in [0.717, 1.165) is 32.4 Å². The average Bonchev–Trinajstić information content (AvgIpc) is 1.81. The largest absolute Gasteiger partial charge is 0.508 e. The molecule has 33 heteroatoms. The number of guanidine groups is 2. The highest BCUT2D eigenvalue weighted by Crippen LogP contribution is 2.26. The zero-order valence-corrected chi connectivity index (χ0v) is 55.2. The van der Waals surface area contributed by atoms with Crippen LogP contribution >= 0.6 is 21.6 Å². The van der Waals surface area contributed by atoms with Gasteiger partial charge in [-0.15, -0.1) is 0 Å². The van der Waals surface area contributed by atoms with Gasteiger partial charge in [0.1, 0.15) is 66.2 Å². The van der Waals surface area contributed by atoms with Crippen molar-refractivity contribution < 1.29 is 63.0 Å². The van der Waals surface area contributed by atoms with Gasteiger partial charge in [0.15, 0.2) is 11.9 Å². The number of likely N-dealkylation sites (tertiary alicyclic amines) is 1. The molecule has 0 radical (unpaired) electrons. The minimum Gasteiger partial charge on any atom is -0.508 e. The second-order valence-electron chi connectivity index (χ2n) is 23.5. The molecule has 2 saturated heterocycles. The van der Waals surface area contributed by atoms with Crippen LogP contribution in [0.3, 0.4) is 0 Å². The normalized spacial score (nSPS) is 20.8. The van der Waals surface area contributed by atoms with E-state index in [1.807, 2.05) is 36.4 Å². The number of carbonyl (C=O) groups excluding carboxylic acids is 11. The van der Waals surface area contributed by atoms with Gasteiger partial charge in [-0.1, -0.05) is 94.4 Å². The number of aliphatic hydroxyl groups is 1. The number of carbonyl (C=O) groups is 11. The van der Waals surface area contributed by atoms with Crippen LogP contribution < -0.4 is 76.5 Å². The number of aromatic hydroxyl groups is 1. The molecule has 11 amide bonds. The van der Waals surface area contributed by atoms with E-state index in [4.69, 9.17) is 28.7 Å². The summed E-state index contributed by atoms with van der Waals surface area (Å²) in [6.45, 7) is 1.58. The molecular weight excluding hydrogens is 1290 g/mol. The van der Waals surface area contributed by atoms with Crippen LogP contribution in [-0.2, 0) is 72.0 Å². The molecule has 2 aliphatic rings. The lowest BCUT2D eigenvalue weighted by molar-refractivity contribution is -0.142. The van der Waals surface area contributed by atoms with E-state index in [9.17, 15) is 53.4 Å². The Kier molecular flexibility index (Phi) is 27.6. The lowest BCUT2D eigenvalue weighted by Crippen LogP contribution is -2.62. The highest BCUT2D eigenvalue weighted by molar-refractivity contribution is 8.76. The molecule has 4 aromatic carbocycles. The van der Waals surface area contributed by atoms with Gasteiger partial charge >= 0.3 is 0 Å². The minimum absolute atomic E-state index is 0.000507. The maximum atomic E-state index is 15.1. The molecule has 0 bridgehead atoms. The number of hydrogen-bond acceptors (Lipinski definition) is 17. The summed E-state index contributed by atoms with van der Waals surface area (Å²) in [5, 5.41) is 47.4. The Hall–Kier alpha value is -10.2. The molecule has 97 heavy (non-hydrogen) atoms. The summed E-state index contributed by atoms with van der Waals surface area (Å²) >= 11 is 0. The van der Waals surface area contributed by atoms with E-state index in [2.05, 4.69) is 62.8 Å². The van der Waals surface area contributed by atoms with Gasteiger partial charge in [0.25, 0.3) is 0 Å². The molecule has 10 atom stereocenters. The predicted octanol–water partition coefficient (Wildman–Crippen LogP) is -2.57. The molecule has 0 unspecified atom stereocenters. The van der Waals surface area contributed by atoms with E-state index < -0.39 is 132 Å². The van der Waals surface area contributed by atoms with E-state index >= 15 is 9.59 Å². The number of phenolic OH excluding ortho intramolecular Hbond substituents is 1. The molecule has 0 spiro atoms. The van der Waals surface area contributed by atoms with Gasteiger partial charge in [-0.2, -0.15) is 0 Å². The van der Waals surface area contributed by atoms with Crippen LogP contribution in [0.2, 0.25) is 0 Å². The van der Waals surface area contributed by atoms with Crippen LogP contribution in [-0.4, -0.2) is 195 Å². The van der Waals surface area contributed by atoms with E-state index in [1.165, 1.54) is 43.0 Å². The topological polar surface area (TPSA) is 510 Å². The van der Waals surface area contributed by atoms with Gasteiger partial charge in [0.2, 0.25) is 65.0 Å². The number of fused-ring (bicyclic) bond motifs is 2. The maximum absolute atomic E-state index is 15.1. The van der Waals surface area contributed by atoms with Crippen molar-refractivity contribution in [3.63, 3.8) is 0 Å². The number of nitrogens with one attached hydrogen (secondary N) is 10. The summed E-state index contributed by atoms with van der Waals surface area (Å²) < 4.78 is 0. The number of aromatic nitrogens is 1. The fourth-order valence-corrected chi connectivity index (χ4v) is 13.3. The number of para-hydroxylation sites is 1. The number of rotatable bonds is 24. The molecule has 7 rings (SSSR count). The van der Waals surface area contributed by atoms with Crippen molar-refractivity contribution in [1.29, 1.82) is 0 Å². The number of hydrogen-bond donors (Lipinski definition) is 17. The van der Waals surface area contributed by atoms with E-state index in [-0.39, 0.29) is 100 Å². The van der Waals surface area contributed by atoms with Crippen LogP contribution in [0.25, 0.3) is 21.7 Å². The van der Waals surface area contributed by atoms with Crippen LogP contribution in [0.1, 0.15) is 69.1 Å². The lowest BCUT2D eigenvalue weighted by Gasteiger charge is -2.30. The van der Waals surface area contributed by atoms with Gasteiger partial charge in [-0.3, -0.25) is 62.7 Å². The van der Waals surface area contributed by atoms with Crippen molar-refractivity contribution in [3.8, 4) is 5.75 Å². The second-order valence-corrected chi connectivity index (χ2v) is 26.0. The summed E-state index contributed by atoms with van der Waals surface area (Å²) in [5.74, 6) is -10.8. The zero-order chi connectivity index (χ0) is 70.3. The third-order valence-electron chi connectivity index (χ3n) is 16.1. The highest BCUT2D eigenvalue weighted by Gasteiger charge is 2.40. The number of H-pyrrole nitrogens is 1. The number of amides is 11. The second kappa shape index (κ2) is 36.1. The third kappa shape index (κ3) is 22.2. The number of aliphatic imine (C=N–C) groups is 2. The molecule has 3 heterocycles. The van der Waals surface area contributed by atoms with Crippen molar-refractivity contribution in [2.45, 2.75) is 132 Å². The average molecular weight is 1380 g/mol. The highest BCUT2D eigenvalue weighted by atomic mass is 33.1. The van der Waals surface area contributed by atoms with E-state index in [0.29, 0.717) is 34.0 Å². The Morgan fingerprint density at radius 1 is 0.660 bits per heavy atom. The smallest absolute Gasteiger partial charge is 0.245 e. The Bertz CT molecular complexity index is 3720. The molecule has 2 aliphatic heterocycles. The number of phenols is 1. The molecule has 1 aromatic heterocycles. The summed E-state index contributed by atoms with van der Waals surface area (Å²) in [6, 6.07) is 11.2. The standard InChI is InChI=1S/C64H84N18O13S2/c1-34(53(65)86)73-61(94)52-16-9-25-82(52)62(95)45(15-8-24-71-64(68)69)76-59(92)50-32-96-97-33-51(81-55(88)46(74-35(2)84)28-37-17-20-38-10-3-4-11-39(38)26-37)60(93)78-48(29-40-30-72-43-13-6-5-12-42(40)43)57(90)79-49(31-83)58(91)77-47(27-36-18-21-41(85)22-19-36)56(89)75-44(54(87)80-50)14-7-23-70-63(66)67/h3-6,10-13,17-22,26,30,34,44-52,72,83,85H,7-9,14-16,23-25,27-29,31-33H2,1-2H3,(H2,65,86)(H,73,94)(H,74,84)(H,75,89)(H,76,92)(H,77,91)(H,78,93)(H,79,90)(H,80,87)(H,81,88)(H4,66,67,70)(H4,68,69,71)/t34-,44-,45-,46+,47-,48+,49-,50-,51-,52+/m0/s1. The van der Waals surface area contributed by atoms with Gasteiger partial charge in [-0.25, -0.2) is 0 Å². The quantitative estimate of drug-likeness (QED) is 0.0131. The molecule has 2 fully saturated rings. The van der Waals surface area contributed by atoms with Crippen LogP contribution in [0, 0.1) is 0 Å². The maximum Gasteiger partial charge on any atom is 0.245 e.